The second kappa shape index (κ2) is 9.65. The fraction of sp³-hybridized carbons (Fsp3) is 0.450. The Bertz CT molecular complexity index is 913. The van der Waals surface area contributed by atoms with Crippen LogP contribution in [0, 0.1) is 5.82 Å². The van der Waals surface area contributed by atoms with E-state index in [0.717, 1.165) is 5.71 Å². The second-order valence-corrected chi connectivity index (χ2v) is 7.20. The standard InChI is InChI=1S/C20H24FN5O5/c21-17-11-15(26-12-16(31-20(26)28)13-29-19-5-10-30-24-19)1-2-18(17)25-7-3-14(4-8-25)23-22-6-9-27/h1-2,5,10-11,16,22,27H,3-4,6-9,12-13H2. The van der Waals surface area contributed by atoms with Crippen LogP contribution in [0.25, 0.3) is 0 Å². The Morgan fingerprint density at radius 3 is 2.87 bits per heavy atom. The highest BCUT2D eigenvalue weighted by Gasteiger charge is 2.33. The van der Waals surface area contributed by atoms with E-state index < -0.39 is 18.0 Å². The fourth-order valence-corrected chi connectivity index (χ4v) is 3.53. The summed E-state index contributed by atoms with van der Waals surface area (Å²) in [4.78, 5) is 15.6. The second-order valence-electron chi connectivity index (χ2n) is 7.20. The number of nitrogens with one attached hydrogen (secondary N) is 1. The summed E-state index contributed by atoms with van der Waals surface area (Å²) in [5.41, 5.74) is 4.74. The molecule has 0 spiro atoms. The summed E-state index contributed by atoms with van der Waals surface area (Å²) in [5.74, 6) is -0.0878. The lowest BCUT2D eigenvalue weighted by molar-refractivity contribution is 0.102. The Kier molecular flexibility index (Phi) is 6.51. The monoisotopic (exact) mass is 433 g/mol. The van der Waals surface area contributed by atoms with Gasteiger partial charge in [-0.1, -0.05) is 0 Å². The Morgan fingerprint density at radius 1 is 1.32 bits per heavy atom. The van der Waals surface area contributed by atoms with Crippen LogP contribution < -0.4 is 20.0 Å². The summed E-state index contributed by atoms with van der Waals surface area (Å²) in [6.07, 6.45) is 1.77. The van der Waals surface area contributed by atoms with Crippen LogP contribution in [0.4, 0.5) is 20.6 Å². The molecule has 2 aromatic rings. The number of aliphatic hydroxyl groups excluding tert-OH is 1. The van der Waals surface area contributed by atoms with Gasteiger partial charge in [0.1, 0.15) is 18.7 Å². The first kappa shape index (κ1) is 20.9. The molecule has 1 unspecified atom stereocenters. The maximum Gasteiger partial charge on any atom is 0.414 e. The van der Waals surface area contributed by atoms with Crippen LogP contribution in [0.1, 0.15) is 12.8 Å². The molecule has 0 aliphatic carbocycles. The molecule has 0 radical (unpaired) electrons. The van der Waals surface area contributed by atoms with Gasteiger partial charge in [0.25, 0.3) is 5.88 Å². The molecule has 3 heterocycles. The molecule has 31 heavy (non-hydrogen) atoms. The summed E-state index contributed by atoms with van der Waals surface area (Å²) in [6, 6.07) is 6.31. The molecule has 2 N–H and O–H groups in total. The van der Waals surface area contributed by atoms with E-state index in [2.05, 4.69) is 20.2 Å². The lowest BCUT2D eigenvalue weighted by Crippen LogP contribution is -2.35. The summed E-state index contributed by atoms with van der Waals surface area (Å²) < 4.78 is 30.3. The highest BCUT2D eigenvalue weighted by atomic mass is 19.1. The van der Waals surface area contributed by atoms with Gasteiger partial charge in [-0.15, -0.1) is 0 Å². The number of piperidine rings is 1. The van der Waals surface area contributed by atoms with E-state index in [-0.39, 0.29) is 19.8 Å². The van der Waals surface area contributed by atoms with Crippen LogP contribution in [0.2, 0.25) is 0 Å². The third-order valence-corrected chi connectivity index (χ3v) is 5.09. The molecule has 1 amide bonds. The van der Waals surface area contributed by atoms with E-state index in [4.69, 9.17) is 14.6 Å². The SMILES string of the molecule is O=C1OC(COc2ccon2)CN1c1ccc(N2CCC(=NNCCO)CC2)c(F)c1. The van der Waals surface area contributed by atoms with Gasteiger partial charge in [-0.2, -0.15) is 5.10 Å². The number of hydrogen-bond donors (Lipinski definition) is 2. The first-order chi connectivity index (χ1) is 15.1. The lowest BCUT2D eigenvalue weighted by Gasteiger charge is -2.30. The molecule has 2 aliphatic rings. The topological polar surface area (TPSA) is 113 Å². The zero-order valence-corrected chi connectivity index (χ0v) is 16.9. The van der Waals surface area contributed by atoms with Crippen LogP contribution in [0.5, 0.6) is 5.88 Å². The van der Waals surface area contributed by atoms with Crippen LogP contribution >= 0.6 is 0 Å². The van der Waals surface area contributed by atoms with Crippen LogP contribution in [-0.2, 0) is 4.74 Å². The number of anilines is 2. The van der Waals surface area contributed by atoms with Crippen molar-refractivity contribution in [3.8, 4) is 5.88 Å². The minimum Gasteiger partial charge on any atom is -0.471 e. The molecular formula is C20H24FN5O5. The average Bonchev–Trinajstić information content (AvgIpc) is 3.42. The summed E-state index contributed by atoms with van der Waals surface area (Å²) in [6.45, 7) is 2.10. The lowest BCUT2D eigenvalue weighted by atomic mass is 10.1. The van der Waals surface area contributed by atoms with E-state index in [0.29, 0.717) is 49.7 Å². The predicted molar refractivity (Wildman–Crippen MR) is 110 cm³/mol. The summed E-state index contributed by atoms with van der Waals surface area (Å²) >= 11 is 0. The number of hydrazone groups is 1. The van der Waals surface area contributed by atoms with Gasteiger partial charge in [-0.3, -0.25) is 4.90 Å². The molecule has 4 rings (SSSR count). The number of hydrogen-bond acceptors (Lipinski definition) is 9. The van der Waals surface area contributed by atoms with Gasteiger partial charge in [0.2, 0.25) is 0 Å². The molecule has 0 saturated carbocycles. The molecule has 1 atom stereocenters. The van der Waals surface area contributed by atoms with Crippen LogP contribution in [0.3, 0.4) is 0 Å². The Hall–Kier alpha value is -3.34. The predicted octanol–water partition coefficient (Wildman–Crippen LogP) is 1.76. The molecule has 10 nitrogen and oxygen atoms in total. The molecular weight excluding hydrogens is 409 g/mol. The van der Waals surface area contributed by atoms with Crippen molar-refractivity contribution in [1.29, 1.82) is 0 Å². The van der Waals surface area contributed by atoms with Crippen molar-refractivity contribution in [1.82, 2.24) is 10.6 Å². The quantitative estimate of drug-likeness (QED) is 0.478. The van der Waals surface area contributed by atoms with Crippen LogP contribution in [0.15, 0.2) is 40.2 Å². The third-order valence-electron chi connectivity index (χ3n) is 5.09. The number of halogens is 1. The largest absolute Gasteiger partial charge is 0.471 e. The van der Waals surface area contributed by atoms with Gasteiger partial charge in [0.05, 0.1) is 31.1 Å². The third kappa shape index (κ3) is 5.05. The average molecular weight is 433 g/mol. The number of rotatable bonds is 8. The molecule has 2 saturated heterocycles. The number of cyclic esters (lactones) is 1. The smallest absolute Gasteiger partial charge is 0.414 e. The number of aromatic nitrogens is 1. The first-order valence-electron chi connectivity index (χ1n) is 10.1. The maximum atomic E-state index is 14.9. The minimum absolute atomic E-state index is 0.0282. The van der Waals surface area contributed by atoms with E-state index in [9.17, 15) is 9.18 Å². The van der Waals surface area contributed by atoms with Crippen LogP contribution in [-0.4, -0.2) is 67.6 Å². The Balaban J connectivity index is 1.34. The molecule has 1 aromatic carbocycles. The zero-order valence-electron chi connectivity index (χ0n) is 16.9. The fourth-order valence-electron chi connectivity index (χ4n) is 3.53. The molecule has 166 valence electrons. The van der Waals surface area contributed by atoms with Crippen molar-refractivity contribution < 1.29 is 28.3 Å². The van der Waals surface area contributed by atoms with Gasteiger partial charge in [-0.25, -0.2) is 9.18 Å². The molecule has 2 aliphatic heterocycles. The first-order valence-corrected chi connectivity index (χ1v) is 10.1. The van der Waals surface area contributed by atoms with E-state index in [1.54, 1.807) is 18.2 Å². The van der Waals surface area contributed by atoms with Crippen molar-refractivity contribution >= 4 is 23.2 Å². The number of aliphatic hydroxyl groups is 1. The molecule has 1 aromatic heterocycles. The van der Waals surface area contributed by atoms with Crippen molar-refractivity contribution in [2.45, 2.75) is 18.9 Å². The number of benzene rings is 1. The summed E-state index contributed by atoms with van der Waals surface area (Å²) in [5, 5.41) is 16.7. The molecule has 0 bridgehead atoms. The number of carbonyl (C=O) groups excluding carboxylic acids is 1. The van der Waals surface area contributed by atoms with Crippen molar-refractivity contribution in [2.75, 3.05) is 49.2 Å². The van der Waals surface area contributed by atoms with E-state index in [1.165, 1.54) is 17.2 Å². The highest BCUT2D eigenvalue weighted by Crippen LogP contribution is 2.29. The van der Waals surface area contributed by atoms with E-state index in [1.807, 2.05) is 4.90 Å². The minimum atomic E-state index is -0.546. The van der Waals surface area contributed by atoms with E-state index >= 15 is 0 Å². The number of amides is 1. The van der Waals surface area contributed by atoms with Gasteiger partial charge in [0.15, 0.2) is 6.10 Å². The van der Waals surface area contributed by atoms with Crippen molar-refractivity contribution in [3.63, 3.8) is 0 Å². The maximum absolute atomic E-state index is 14.9. The number of ether oxygens (including phenoxy) is 2. The number of carbonyl (C=O) groups is 1. The van der Waals surface area contributed by atoms with Crippen molar-refractivity contribution in [2.24, 2.45) is 5.10 Å². The highest BCUT2D eigenvalue weighted by molar-refractivity contribution is 5.90. The zero-order chi connectivity index (χ0) is 21.6. The van der Waals surface area contributed by atoms with Gasteiger partial charge >= 0.3 is 6.09 Å². The molecule has 2 fully saturated rings. The molecule has 11 heteroatoms. The Labute approximate surface area is 178 Å². The Morgan fingerprint density at radius 2 is 2.16 bits per heavy atom. The van der Waals surface area contributed by atoms with Crippen molar-refractivity contribution in [3.05, 3.63) is 36.3 Å². The van der Waals surface area contributed by atoms with Gasteiger partial charge < -0.3 is 29.4 Å². The normalized spacial score (nSPS) is 18.8. The van der Waals surface area contributed by atoms with Gasteiger partial charge in [0, 0.05) is 37.7 Å². The number of nitrogens with zero attached hydrogens (tertiary/aromatic N) is 4. The van der Waals surface area contributed by atoms with Gasteiger partial charge in [-0.05, 0) is 23.4 Å². The summed E-state index contributed by atoms with van der Waals surface area (Å²) in [7, 11) is 0.